The van der Waals surface area contributed by atoms with E-state index in [0.29, 0.717) is 6.54 Å². The maximum absolute atomic E-state index is 5.56. The van der Waals surface area contributed by atoms with Crippen molar-refractivity contribution in [3.8, 4) is 0 Å². The van der Waals surface area contributed by atoms with Crippen LogP contribution in [0.15, 0.2) is 41.0 Å². The van der Waals surface area contributed by atoms with Gasteiger partial charge < -0.3 is 10.2 Å². The van der Waals surface area contributed by atoms with E-state index in [1.807, 2.05) is 6.07 Å². The van der Waals surface area contributed by atoms with Gasteiger partial charge in [-0.1, -0.05) is 29.8 Å². The predicted octanol–water partition coefficient (Wildman–Crippen LogP) is 2.68. The molecule has 3 nitrogen and oxygen atoms in total. The first-order valence-electron chi connectivity index (χ1n) is 6.18. The lowest BCUT2D eigenvalue weighted by Crippen LogP contribution is -2.16. The van der Waals surface area contributed by atoms with Crippen molar-refractivity contribution < 1.29 is 4.42 Å². The van der Waals surface area contributed by atoms with E-state index in [1.54, 1.807) is 6.26 Å². The molecule has 1 aromatic heterocycles. The van der Waals surface area contributed by atoms with Crippen LogP contribution in [0, 0.1) is 6.92 Å². The van der Waals surface area contributed by atoms with Crippen LogP contribution >= 0.6 is 0 Å². The van der Waals surface area contributed by atoms with E-state index in [0.717, 1.165) is 24.4 Å². The van der Waals surface area contributed by atoms with Crippen LogP contribution in [0.1, 0.15) is 22.5 Å². The second-order valence-electron chi connectivity index (χ2n) is 4.79. The van der Waals surface area contributed by atoms with Crippen LogP contribution < -0.4 is 5.73 Å². The van der Waals surface area contributed by atoms with E-state index in [4.69, 9.17) is 10.2 Å². The van der Waals surface area contributed by atoms with Gasteiger partial charge >= 0.3 is 0 Å². The summed E-state index contributed by atoms with van der Waals surface area (Å²) in [5.41, 5.74) is 9.23. The number of hydrogen-bond donors (Lipinski definition) is 1. The molecule has 0 spiro atoms. The molecule has 96 valence electrons. The summed E-state index contributed by atoms with van der Waals surface area (Å²) in [5, 5.41) is 0. The van der Waals surface area contributed by atoms with Crippen LogP contribution in [-0.4, -0.2) is 11.9 Å². The van der Waals surface area contributed by atoms with Crippen molar-refractivity contribution in [1.29, 1.82) is 0 Å². The molecule has 2 N–H and O–H groups in total. The predicted molar refractivity (Wildman–Crippen MR) is 72.9 cm³/mol. The van der Waals surface area contributed by atoms with Crippen LogP contribution in [-0.2, 0) is 19.6 Å². The summed E-state index contributed by atoms with van der Waals surface area (Å²) in [4.78, 5) is 2.23. The van der Waals surface area contributed by atoms with Crippen LogP contribution in [0.4, 0.5) is 0 Å². The summed E-state index contributed by atoms with van der Waals surface area (Å²) in [6.07, 6.45) is 1.73. The Hall–Kier alpha value is -1.58. The SMILES string of the molecule is Cc1cccc(CN(C)Cc2cc(CN)co2)c1. The van der Waals surface area contributed by atoms with Crippen molar-refractivity contribution in [2.45, 2.75) is 26.6 Å². The van der Waals surface area contributed by atoms with Crippen LogP contribution in [0.2, 0.25) is 0 Å². The minimum atomic E-state index is 0.533. The normalized spacial score (nSPS) is 11.1. The van der Waals surface area contributed by atoms with Gasteiger partial charge in [-0.3, -0.25) is 4.90 Å². The van der Waals surface area contributed by atoms with E-state index in [9.17, 15) is 0 Å². The molecular weight excluding hydrogens is 224 g/mol. The summed E-state index contributed by atoms with van der Waals surface area (Å²) in [5.74, 6) is 0.964. The van der Waals surface area contributed by atoms with Crippen LogP contribution in [0.3, 0.4) is 0 Å². The van der Waals surface area contributed by atoms with Gasteiger partial charge in [0.05, 0.1) is 12.8 Å². The molecule has 2 aromatic rings. The van der Waals surface area contributed by atoms with Crippen molar-refractivity contribution in [1.82, 2.24) is 4.90 Å². The van der Waals surface area contributed by atoms with Gasteiger partial charge in [-0.05, 0) is 25.6 Å². The minimum absolute atomic E-state index is 0.533. The molecule has 1 heterocycles. The van der Waals surface area contributed by atoms with E-state index in [-0.39, 0.29) is 0 Å². The van der Waals surface area contributed by atoms with Crippen molar-refractivity contribution in [2.24, 2.45) is 5.73 Å². The molecule has 0 saturated carbocycles. The molecule has 18 heavy (non-hydrogen) atoms. The van der Waals surface area contributed by atoms with Gasteiger partial charge in [0.1, 0.15) is 5.76 Å². The van der Waals surface area contributed by atoms with Crippen molar-refractivity contribution >= 4 is 0 Å². The number of hydrogen-bond acceptors (Lipinski definition) is 3. The number of rotatable bonds is 5. The van der Waals surface area contributed by atoms with E-state index < -0.39 is 0 Å². The van der Waals surface area contributed by atoms with Gasteiger partial charge in [0.15, 0.2) is 0 Å². The zero-order chi connectivity index (χ0) is 13.0. The lowest BCUT2D eigenvalue weighted by Gasteiger charge is -2.15. The second-order valence-corrected chi connectivity index (χ2v) is 4.79. The molecule has 0 radical (unpaired) electrons. The third-order valence-corrected chi connectivity index (χ3v) is 2.90. The first-order valence-corrected chi connectivity index (χ1v) is 6.18. The van der Waals surface area contributed by atoms with E-state index in [1.165, 1.54) is 11.1 Å². The molecule has 0 aliphatic carbocycles. The summed E-state index contributed by atoms with van der Waals surface area (Å²) in [7, 11) is 2.09. The lowest BCUT2D eigenvalue weighted by atomic mass is 10.1. The molecule has 0 aliphatic heterocycles. The molecule has 0 atom stereocenters. The van der Waals surface area contributed by atoms with Crippen LogP contribution in [0.5, 0.6) is 0 Å². The first-order chi connectivity index (χ1) is 8.67. The highest BCUT2D eigenvalue weighted by atomic mass is 16.3. The molecule has 3 heteroatoms. The Morgan fingerprint density at radius 1 is 1.17 bits per heavy atom. The smallest absolute Gasteiger partial charge is 0.118 e. The number of furan rings is 1. The average molecular weight is 244 g/mol. The molecule has 0 saturated heterocycles. The van der Waals surface area contributed by atoms with Gasteiger partial charge in [0, 0.05) is 18.7 Å². The van der Waals surface area contributed by atoms with E-state index in [2.05, 4.69) is 43.1 Å². The highest BCUT2D eigenvalue weighted by Gasteiger charge is 2.05. The minimum Gasteiger partial charge on any atom is -0.468 e. The molecule has 0 unspecified atom stereocenters. The van der Waals surface area contributed by atoms with Crippen molar-refractivity contribution in [3.63, 3.8) is 0 Å². The molecule has 0 amide bonds. The number of nitrogens with two attached hydrogens (primary N) is 1. The van der Waals surface area contributed by atoms with Crippen molar-refractivity contribution in [2.75, 3.05) is 7.05 Å². The second kappa shape index (κ2) is 5.85. The third kappa shape index (κ3) is 3.45. The van der Waals surface area contributed by atoms with Crippen molar-refractivity contribution in [3.05, 3.63) is 59.0 Å². The topological polar surface area (TPSA) is 42.4 Å². The average Bonchev–Trinajstić information content (AvgIpc) is 2.76. The Bertz CT molecular complexity index is 505. The Balaban J connectivity index is 1.94. The fourth-order valence-corrected chi connectivity index (χ4v) is 2.06. The Morgan fingerprint density at radius 2 is 2.00 bits per heavy atom. The monoisotopic (exact) mass is 244 g/mol. The fourth-order valence-electron chi connectivity index (χ4n) is 2.06. The largest absolute Gasteiger partial charge is 0.468 e. The lowest BCUT2D eigenvalue weighted by molar-refractivity contribution is 0.288. The van der Waals surface area contributed by atoms with Gasteiger partial charge in [0.25, 0.3) is 0 Å². The van der Waals surface area contributed by atoms with Crippen LogP contribution in [0.25, 0.3) is 0 Å². The highest BCUT2D eigenvalue weighted by Crippen LogP contribution is 2.12. The molecule has 0 aliphatic rings. The maximum atomic E-state index is 5.56. The first kappa shape index (κ1) is 12.9. The van der Waals surface area contributed by atoms with E-state index >= 15 is 0 Å². The number of nitrogens with zero attached hydrogens (tertiary/aromatic N) is 1. The highest BCUT2D eigenvalue weighted by molar-refractivity contribution is 5.22. The summed E-state index contributed by atoms with van der Waals surface area (Å²) >= 11 is 0. The van der Waals surface area contributed by atoms with Gasteiger partial charge in [0.2, 0.25) is 0 Å². The molecular formula is C15H20N2O. The quantitative estimate of drug-likeness (QED) is 0.879. The number of aryl methyl sites for hydroxylation is 1. The zero-order valence-corrected chi connectivity index (χ0v) is 11.0. The summed E-state index contributed by atoms with van der Waals surface area (Å²) in [6, 6.07) is 10.6. The molecule has 0 bridgehead atoms. The molecule has 0 fully saturated rings. The maximum Gasteiger partial charge on any atom is 0.118 e. The van der Waals surface area contributed by atoms with Gasteiger partial charge in [-0.15, -0.1) is 0 Å². The zero-order valence-electron chi connectivity index (χ0n) is 11.0. The Kier molecular flexibility index (Phi) is 4.18. The fraction of sp³-hybridized carbons (Fsp3) is 0.333. The van der Waals surface area contributed by atoms with Gasteiger partial charge in [-0.2, -0.15) is 0 Å². The molecule has 1 aromatic carbocycles. The third-order valence-electron chi connectivity index (χ3n) is 2.90. The number of benzene rings is 1. The van der Waals surface area contributed by atoms with Gasteiger partial charge in [-0.25, -0.2) is 0 Å². The summed E-state index contributed by atoms with van der Waals surface area (Å²) < 4.78 is 5.47. The Morgan fingerprint density at radius 3 is 2.67 bits per heavy atom. The standard InChI is InChI=1S/C15H20N2O/c1-12-4-3-5-13(6-12)9-17(2)10-15-7-14(8-16)11-18-15/h3-7,11H,8-10,16H2,1-2H3. The molecule has 2 rings (SSSR count). The summed E-state index contributed by atoms with van der Waals surface area (Å²) in [6.45, 7) is 4.36. The Labute approximate surface area is 108 Å².